The number of aryl methyl sites for hydroxylation is 1. The third-order valence-electron chi connectivity index (χ3n) is 3.79. The number of hydrogen-bond donors (Lipinski definition) is 2. The minimum absolute atomic E-state index is 0.00942. The van der Waals surface area contributed by atoms with Crippen LogP contribution >= 0.6 is 11.3 Å². The molecule has 2 N–H and O–H groups in total. The van der Waals surface area contributed by atoms with E-state index in [-0.39, 0.29) is 11.8 Å². The molecule has 20 heavy (non-hydrogen) atoms. The van der Waals surface area contributed by atoms with Crippen molar-refractivity contribution in [3.8, 4) is 0 Å². The van der Waals surface area contributed by atoms with Crippen LogP contribution in [-0.2, 0) is 11.2 Å². The fraction of sp³-hybridized carbons (Fsp3) is 0.312. The van der Waals surface area contributed by atoms with E-state index < -0.39 is 6.10 Å². The molecule has 2 unspecified atom stereocenters. The number of benzene rings is 1. The van der Waals surface area contributed by atoms with Gasteiger partial charge in [-0.1, -0.05) is 23.8 Å². The van der Waals surface area contributed by atoms with Crippen molar-refractivity contribution in [1.29, 1.82) is 0 Å². The Morgan fingerprint density at radius 2 is 2.25 bits per heavy atom. The first-order valence-electron chi connectivity index (χ1n) is 6.72. The van der Waals surface area contributed by atoms with Gasteiger partial charge in [-0.2, -0.15) is 0 Å². The van der Waals surface area contributed by atoms with E-state index in [0.717, 1.165) is 27.3 Å². The Bertz CT molecular complexity index is 649. The van der Waals surface area contributed by atoms with E-state index in [9.17, 15) is 9.90 Å². The van der Waals surface area contributed by atoms with Crippen molar-refractivity contribution in [2.24, 2.45) is 0 Å². The summed E-state index contributed by atoms with van der Waals surface area (Å²) >= 11 is 1.64. The normalized spacial score (nSPS) is 18.8. The summed E-state index contributed by atoms with van der Waals surface area (Å²) in [5.74, 6) is -0.132. The molecular formula is C16H17NO2S. The largest absolute Gasteiger partial charge is 0.388 e. The van der Waals surface area contributed by atoms with Crippen LogP contribution in [0.5, 0.6) is 0 Å². The molecule has 1 aromatic heterocycles. The van der Waals surface area contributed by atoms with Crippen LogP contribution < -0.4 is 5.32 Å². The molecule has 104 valence electrons. The standard InChI is InChI=1S/C16H17NO2S/c1-9-6-12-10(2)16(19)17-15(12)13(7-9)14(18)8-11-4-3-5-20-11/h3-7,10,14,18H,8H2,1-2H3,(H,17,19). The Kier molecular flexibility index (Phi) is 3.36. The molecule has 3 rings (SSSR count). The summed E-state index contributed by atoms with van der Waals surface area (Å²) in [4.78, 5) is 13.0. The van der Waals surface area contributed by atoms with E-state index in [1.807, 2.05) is 43.5 Å². The summed E-state index contributed by atoms with van der Waals surface area (Å²) in [5.41, 5.74) is 3.70. The summed E-state index contributed by atoms with van der Waals surface area (Å²) in [7, 11) is 0. The van der Waals surface area contributed by atoms with E-state index >= 15 is 0 Å². The summed E-state index contributed by atoms with van der Waals surface area (Å²) < 4.78 is 0. The van der Waals surface area contributed by atoms with Crippen LogP contribution in [0.3, 0.4) is 0 Å². The van der Waals surface area contributed by atoms with Crippen LogP contribution in [0.2, 0.25) is 0 Å². The van der Waals surface area contributed by atoms with Gasteiger partial charge in [0.25, 0.3) is 0 Å². The second kappa shape index (κ2) is 5.04. The number of hydrogen-bond acceptors (Lipinski definition) is 3. The number of carbonyl (C=O) groups excluding carboxylic acids is 1. The lowest BCUT2D eigenvalue weighted by atomic mass is 9.94. The third-order valence-corrected chi connectivity index (χ3v) is 4.68. The van der Waals surface area contributed by atoms with E-state index in [1.54, 1.807) is 11.3 Å². The van der Waals surface area contributed by atoms with Gasteiger partial charge in [-0.25, -0.2) is 0 Å². The van der Waals surface area contributed by atoms with E-state index in [4.69, 9.17) is 0 Å². The van der Waals surface area contributed by atoms with Gasteiger partial charge in [0, 0.05) is 16.9 Å². The number of nitrogens with one attached hydrogen (secondary N) is 1. The van der Waals surface area contributed by atoms with Crippen molar-refractivity contribution in [3.63, 3.8) is 0 Å². The Morgan fingerprint density at radius 3 is 2.95 bits per heavy atom. The first kappa shape index (κ1) is 13.3. The lowest BCUT2D eigenvalue weighted by molar-refractivity contribution is -0.116. The third kappa shape index (κ3) is 2.25. The van der Waals surface area contributed by atoms with Gasteiger partial charge >= 0.3 is 0 Å². The Morgan fingerprint density at radius 1 is 1.45 bits per heavy atom. The van der Waals surface area contributed by atoms with Crippen molar-refractivity contribution in [2.45, 2.75) is 32.3 Å². The number of aliphatic hydroxyl groups excluding tert-OH is 1. The maximum absolute atomic E-state index is 11.8. The smallest absolute Gasteiger partial charge is 0.231 e. The van der Waals surface area contributed by atoms with Crippen molar-refractivity contribution < 1.29 is 9.90 Å². The molecule has 2 atom stereocenters. The highest BCUT2D eigenvalue weighted by molar-refractivity contribution is 7.09. The predicted molar refractivity (Wildman–Crippen MR) is 81.2 cm³/mol. The molecule has 0 bridgehead atoms. The number of amides is 1. The van der Waals surface area contributed by atoms with Crippen LogP contribution in [-0.4, -0.2) is 11.0 Å². The maximum atomic E-state index is 11.8. The molecule has 3 nitrogen and oxygen atoms in total. The maximum Gasteiger partial charge on any atom is 0.231 e. The second-order valence-corrected chi connectivity index (χ2v) is 6.36. The fourth-order valence-corrected chi connectivity index (χ4v) is 3.44. The molecule has 1 aromatic carbocycles. The van der Waals surface area contributed by atoms with Gasteiger partial charge < -0.3 is 10.4 Å². The summed E-state index contributed by atoms with van der Waals surface area (Å²) in [5, 5.41) is 15.4. The van der Waals surface area contributed by atoms with Crippen LogP contribution in [0.25, 0.3) is 0 Å². The minimum atomic E-state index is -0.590. The number of aliphatic hydroxyl groups is 1. The van der Waals surface area contributed by atoms with Crippen molar-refractivity contribution in [2.75, 3.05) is 5.32 Å². The zero-order chi connectivity index (χ0) is 14.3. The van der Waals surface area contributed by atoms with Gasteiger partial charge in [0.15, 0.2) is 0 Å². The van der Waals surface area contributed by atoms with Crippen LogP contribution in [0.1, 0.15) is 40.5 Å². The first-order valence-corrected chi connectivity index (χ1v) is 7.60. The van der Waals surface area contributed by atoms with Crippen LogP contribution in [0.4, 0.5) is 5.69 Å². The lowest BCUT2D eigenvalue weighted by Crippen LogP contribution is -2.10. The van der Waals surface area contributed by atoms with Gasteiger partial charge in [0.05, 0.1) is 17.7 Å². The summed E-state index contributed by atoms with van der Waals surface area (Å²) in [6.07, 6.45) is -0.00875. The average Bonchev–Trinajstić information content (AvgIpc) is 3.00. The lowest BCUT2D eigenvalue weighted by Gasteiger charge is -2.16. The van der Waals surface area contributed by atoms with E-state index in [2.05, 4.69) is 5.32 Å². The monoisotopic (exact) mass is 287 g/mol. The zero-order valence-electron chi connectivity index (χ0n) is 11.5. The molecule has 2 aromatic rings. The van der Waals surface area contributed by atoms with E-state index in [1.165, 1.54) is 0 Å². The second-order valence-electron chi connectivity index (χ2n) is 5.33. The van der Waals surface area contributed by atoms with Gasteiger partial charge in [-0.3, -0.25) is 4.79 Å². The van der Waals surface area contributed by atoms with Crippen LogP contribution in [0, 0.1) is 6.92 Å². The topological polar surface area (TPSA) is 49.3 Å². The van der Waals surface area contributed by atoms with Crippen molar-refractivity contribution in [1.82, 2.24) is 0 Å². The van der Waals surface area contributed by atoms with Gasteiger partial charge in [-0.15, -0.1) is 11.3 Å². The molecule has 0 fully saturated rings. The molecule has 1 aliphatic rings. The van der Waals surface area contributed by atoms with Crippen LogP contribution in [0.15, 0.2) is 29.6 Å². The van der Waals surface area contributed by atoms with Gasteiger partial charge in [0.2, 0.25) is 5.91 Å². The fourth-order valence-electron chi connectivity index (χ4n) is 2.69. The molecular weight excluding hydrogens is 270 g/mol. The number of carbonyl (C=O) groups is 1. The number of rotatable bonds is 3. The van der Waals surface area contributed by atoms with Crippen molar-refractivity contribution in [3.05, 3.63) is 51.2 Å². The van der Waals surface area contributed by atoms with Gasteiger partial charge in [0.1, 0.15) is 0 Å². The van der Waals surface area contributed by atoms with Gasteiger partial charge in [-0.05, 0) is 30.9 Å². The quantitative estimate of drug-likeness (QED) is 0.909. The molecule has 1 aliphatic heterocycles. The molecule has 4 heteroatoms. The molecule has 0 spiro atoms. The van der Waals surface area contributed by atoms with E-state index in [0.29, 0.717) is 6.42 Å². The molecule has 0 saturated heterocycles. The number of anilines is 1. The molecule has 0 aliphatic carbocycles. The molecule has 2 heterocycles. The summed E-state index contributed by atoms with van der Waals surface area (Å²) in [6, 6.07) is 8.00. The summed E-state index contributed by atoms with van der Waals surface area (Å²) in [6.45, 7) is 3.90. The first-order chi connectivity index (χ1) is 9.56. The Hall–Kier alpha value is -1.65. The highest BCUT2D eigenvalue weighted by Gasteiger charge is 2.30. The Labute approximate surface area is 122 Å². The predicted octanol–water partition coefficient (Wildman–Crippen LogP) is 3.39. The average molecular weight is 287 g/mol. The van der Waals surface area contributed by atoms with Crippen molar-refractivity contribution >= 4 is 22.9 Å². The molecule has 0 radical (unpaired) electrons. The highest BCUT2D eigenvalue weighted by atomic mass is 32.1. The molecule has 0 saturated carbocycles. The highest BCUT2D eigenvalue weighted by Crippen LogP contribution is 2.39. The zero-order valence-corrected chi connectivity index (χ0v) is 12.3. The Balaban J connectivity index is 1.98. The number of thiophene rings is 1. The SMILES string of the molecule is Cc1cc(C(O)Cc2cccs2)c2c(c1)C(C)C(=O)N2. The number of fused-ring (bicyclic) bond motifs is 1. The minimum Gasteiger partial charge on any atom is -0.388 e. The molecule has 1 amide bonds.